The zero-order valence-electron chi connectivity index (χ0n) is 12.5. The molecule has 1 fully saturated rings. The van der Waals surface area contributed by atoms with Crippen molar-refractivity contribution in [3.63, 3.8) is 0 Å². The normalized spacial score (nSPS) is 18.6. The summed E-state index contributed by atoms with van der Waals surface area (Å²) >= 11 is 5.22. The predicted octanol–water partition coefficient (Wildman–Crippen LogP) is 3.35. The highest BCUT2D eigenvalue weighted by molar-refractivity contribution is 7.80. The van der Waals surface area contributed by atoms with Gasteiger partial charge in [0.15, 0.2) is 0 Å². The van der Waals surface area contributed by atoms with Crippen LogP contribution in [-0.4, -0.2) is 23.1 Å². The Morgan fingerprint density at radius 3 is 2.81 bits per heavy atom. The van der Waals surface area contributed by atoms with Crippen LogP contribution in [0.15, 0.2) is 30.3 Å². The Hall–Kier alpha value is -1.68. The maximum Gasteiger partial charge on any atom is 0.129 e. The minimum Gasteiger partial charge on any atom is -0.389 e. The highest BCUT2D eigenvalue weighted by atomic mass is 32.1. The quantitative estimate of drug-likeness (QED) is 0.883. The third-order valence-corrected chi connectivity index (χ3v) is 4.68. The Labute approximate surface area is 131 Å². The van der Waals surface area contributed by atoms with Gasteiger partial charge in [-0.3, -0.25) is 0 Å². The molecule has 3 rings (SSSR count). The molecule has 21 heavy (non-hydrogen) atoms. The van der Waals surface area contributed by atoms with Crippen LogP contribution in [-0.2, 0) is 0 Å². The molecule has 0 bridgehead atoms. The van der Waals surface area contributed by atoms with E-state index in [2.05, 4.69) is 18.7 Å². The van der Waals surface area contributed by atoms with Crippen LogP contribution in [0.5, 0.6) is 0 Å². The molecule has 0 radical (unpaired) electrons. The Balaban J connectivity index is 2.02. The molecule has 1 unspecified atom stereocenters. The molecule has 1 aromatic heterocycles. The monoisotopic (exact) mass is 299 g/mol. The van der Waals surface area contributed by atoms with Gasteiger partial charge < -0.3 is 10.6 Å². The van der Waals surface area contributed by atoms with Gasteiger partial charge in [0.25, 0.3) is 0 Å². The Kier molecular flexibility index (Phi) is 3.81. The lowest BCUT2D eigenvalue weighted by atomic mass is 9.95. The maximum atomic E-state index is 5.91. The average molecular weight is 299 g/mol. The lowest BCUT2D eigenvalue weighted by Crippen LogP contribution is -2.23. The van der Waals surface area contributed by atoms with Gasteiger partial charge in [-0.1, -0.05) is 44.3 Å². The van der Waals surface area contributed by atoms with Crippen molar-refractivity contribution in [2.45, 2.75) is 20.3 Å². The first-order valence-corrected chi connectivity index (χ1v) is 7.91. The van der Waals surface area contributed by atoms with Crippen molar-refractivity contribution in [1.82, 2.24) is 4.98 Å². The summed E-state index contributed by atoms with van der Waals surface area (Å²) in [5.74, 6) is 2.46. The van der Waals surface area contributed by atoms with E-state index in [9.17, 15) is 0 Å². The van der Waals surface area contributed by atoms with E-state index >= 15 is 0 Å². The first-order valence-electron chi connectivity index (χ1n) is 7.51. The van der Waals surface area contributed by atoms with E-state index in [-0.39, 0.29) is 0 Å². The molecule has 0 aliphatic carbocycles. The number of rotatable bonds is 3. The predicted molar refractivity (Wildman–Crippen MR) is 92.8 cm³/mol. The van der Waals surface area contributed by atoms with Crippen LogP contribution in [0.1, 0.15) is 25.8 Å². The van der Waals surface area contributed by atoms with E-state index in [1.165, 1.54) is 6.42 Å². The number of nitrogens with two attached hydrogens (primary N) is 1. The molecule has 4 heteroatoms. The number of nitrogens with zero attached hydrogens (tertiary/aromatic N) is 2. The first-order chi connectivity index (χ1) is 10.1. The Morgan fingerprint density at radius 1 is 1.38 bits per heavy atom. The topological polar surface area (TPSA) is 42.1 Å². The largest absolute Gasteiger partial charge is 0.389 e. The van der Waals surface area contributed by atoms with Gasteiger partial charge in [0.2, 0.25) is 0 Å². The molecule has 0 amide bonds. The summed E-state index contributed by atoms with van der Waals surface area (Å²) < 4.78 is 0. The number of anilines is 1. The number of hydrogen-bond acceptors (Lipinski definition) is 3. The molecule has 2 aromatic rings. The molecule has 1 aliphatic rings. The maximum absolute atomic E-state index is 5.91. The standard InChI is InChI=1S/C17H21N3S/c1-11(2)12-7-8-20(10-12)16-9-14(17(18)21)13-5-3-4-6-15(13)19-16/h3-6,9,11-12H,7-8,10H2,1-2H3,(H2,18,21). The molecule has 2 N–H and O–H groups in total. The van der Waals surface area contributed by atoms with E-state index < -0.39 is 0 Å². The van der Waals surface area contributed by atoms with Crippen LogP contribution >= 0.6 is 12.2 Å². The van der Waals surface area contributed by atoms with Crippen LogP contribution in [0.2, 0.25) is 0 Å². The lowest BCUT2D eigenvalue weighted by molar-refractivity contribution is 0.422. The van der Waals surface area contributed by atoms with Crippen molar-refractivity contribution in [1.29, 1.82) is 0 Å². The number of hydrogen-bond donors (Lipinski definition) is 1. The van der Waals surface area contributed by atoms with Gasteiger partial charge in [0.05, 0.1) is 5.52 Å². The Bertz CT molecular complexity index is 681. The third kappa shape index (κ3) is 2.72. The van der Waals surface area contributed by atoms with Gasteiger partial charge in [0.1, 0.15) is 10.8 Å². The fourth-order valence-electron chi connectivity index (χ4n) is 3.07. The number of para-hydroxylation sites is 1. The molecular formula is C17H21N3S. The fourth-order valence-corrected chi connectivity index (χ4v) is 3.24. The summed E-state index contributed by atoms with van der Waals surface area (Å²) in [6.45, 7) is 6.72. The van der Waals surface area contributed by atoms with E-state index in [0.717, 1.165) is 41.3 Å². The number of thiocarbonyl (C=S) groups is 1. The molecule has 110 valence electrons. The van der Waals surface area contributed by atoms with Gasteiger partial charge in [-0.25, -0.2) is 4.98 Å². The molecule has 3 nitrogen and oxygen atoms in total. The van der Waals surface area contributed by atoms with Crippen LogP contribution in [0, 0.1) is 11.8 Å². The zero-order valence-corrected chi connectivity index (χ0v) is 13.4. The molecular weight excluding hydrogens is 278 g/mol. The molecule has 1 saturated heterocycles. The van der Waals surface area contributed by atoms with Crippen LogP contribution < -0.4 is 10.6 Å². The van der Waals surface area contributed by atoms with Crippen molar-refractivity contribution in [3.05, 3.63) is 35.9 Å². The third-order valence-electron chi connectivity index (χ3n) is 4.46. The number of fused-ring (bicyclic) bond motifs is 1. The fraction of sp³-hybridized carbons (Fsp3) is 0.412. The Morgan fingerprint density at radius 2 is 2.14 bits per heavy atom. The lowest BCUT2D eigenvalue weighted by Gasteiger charge is -2.20. The van der Waals surface area contributed by atoms with Gasteiger partial charge in [0, 0.05) is 24.0 Å². The zero-order chi connectivity index (χ0) is 15.0. The van der Waals surface area contributed by atoms with Crippen molar-refractivity contribution in [2.75, 3.05) is 18.0 Å². The van der Waals surface area contributed by atoms with E-state index in [1.807, 2.05) is 30.3 Å². The van der Waals surface area contributed by atoms with Crippen molar-refractivity contribution in [2.24, 2.45) is 17.6 Å². The number of pyridine rings is 1. The molecule has 2 heterocycles. The highest BCUT2D eigenvalue weighted by Crippen LogP contribution is 2.29. The van der Waals surface area contributed by atoms with E-state index in [0.29, 0.717) is 10.9 Å². The van der Waals surface area contributed by atoms with E-state index in [4.69, 9.17) is 22.9 Å². The minimum absolute atomic E-state index is 0.439. The summed E-state index contributed by atoms with van der Waals surface area (Å²) in [4.78, 5) is 7.60. The van der Waals surface area contributed by atoms with Gasteiger partial charge >= 0.3 is 0 Å². The molecule has 1 aromatic carbocycles. The summed E-state index contributed by atoms with van der Waals surface area (Å²) in [5.41, 5.74) is 7.80. The van der Waals surface area contributed by atoms with Crippen LogP contribution in [0.4, 0.5) is 5.82 Å². The van der Waals surface area contributed by atoms with Gasteiger partial charge in [-0.2, -0.15) is 0 Å². The molecule has 0 saturated carbocycles. The summed E-state index contributed by atoms with van der Waals surface area (Å²) in [5, 5.41) is 1.04. The van der Waals surface area contributed by atoms with Crippen LogP contribution in [0.25, 0.3) is 10.9 Å². The number of aromatic nitrogens is 1. The highest BCUT2D eigenvalue weighted by Gasteiger charge is 2.26. The second kappa shape index (κ2) is 5.60. The molecule has 0 spiro atoms. The average Bonchev–Trinajstić information content (AvgIpc) is 2.96. The molecule has 1 atom stereocenters. The summed E-state index contributed by atoms with van der Waals surface area (Å²) in [6.07, 6.45) is 1.23. The summed E-state index contributed by atoms with van der Waals surface area (Å²) in [7, 11) is 0. The number of benzene rings is 1. The van der Waals surface area contributed by atoms with Crippen molar-refractivity contribution < 1.29 is 0 Å². The SMILES string of the molecule is CC(C)C1CCN(c2cc(C(N)=S)c3ccccc3n2)C1. The van der Waals surface area contributed by atoms with Gasteiger partial charge in [-0.15, -0.1) is 0 Å². The first kappa shape index (κ1) is 14.3. The van der Waals surface area contributed by atoms with E-state index in [1.54, 1.807) is 0 Å². The van der Waals surface area contributed by atoms with Crippen molar-refractivity contribution >= 4 is 33.9 Å². The molecule has 1 aliphatic heterocycles. The van der Waals surface area contributed by atoms with Crippen molar-refractivity contribution in [3.8, 4) is 0 Å². The second-order valence-corrected chi connectivity index (χ2v) is 6.59. The van der Waals surface area contributed by atoms with Crippen LogP contribution in [0.3, 0.4) is 0 Å². The minimum atomic E-state index is 0.439. The van der Waals surface area contributed by atoms with Gasteiger partial charge in [-0.05, 0) is 30.4 Å². The summed E-state index contributed by atoms with van der Waals surface area (Å²) in [6, 6.07) is 10.1. The smallest absolute Gasteiger partial charge is 0.129 e. The second-order valence-electron chi connectivity index (χ2n) is 6.15.